The summed E-state index contributed by atoms with van der Waals surface area (Å²) in [5, 5.41) is 9.12. The van der Waals surface area contributed by atoms with Crippen LogP contribution in [0.25, 0.3) is 0 Å². The minimum atomic E-state index is -0.941. The van der Waals surface area contributed by atoms with Crippen molar-refractivity contribution in [3.05, 3.63) is 47.0 Å². The molecule has 1 N–H and O–H groups in total. The Balaban J connectivity index is 2.84. The number of carbonyl (C=O) groups is 1. The lowest BCUT2D eigenvalue weighted by molar-refractivity contribution is -0.131. The molecule has 74 valence electrons. The molecule has 14 heavy (non-hydrogen) atoms. The first-order valence-electron chi connectivity index (χ1n) is 4.27. The maximum Gasteiger partial charge on any atom is 0.327 e. The van der Waals surface area contributed by atoms with E-state index in [1.165, 1.54) is 0 Å². The first-order valence-corrected chi connectivity index (χ1v) is 4.64. The van der Waals surface area contributed by atoms with E-state index in [2.05, 4.69) is 0 Å². The monoisotopic (exact) mass is 210 g/mol. The highest BCUT2D eigenvalue weighted by Crippen LogP contribution is 2.24. The van der Waals surface area contributed by atoms with Gasteiger partial charge in [0.1, 0.15) is 0 Å². The van der Waals surface area contributed by atoms with E-state index in [-0.39, 0.29) is 5.92 Å². The summed E-state index contributed by atoms with van der Waals surface area (Å²) in [5.74, 6) is -0.927. The highest BCUT2D eigenvalue weighted by molar-refractivity contribution is 6.31. The van der Waals surface area contributed by atoms with E-state index in [0.717, 1.165) is 11.6 Å². The third kappa shape index (κ3) is 2.89. The van der Waals surface area contributed by atoms with Crippen LogP contribution >= 0.6 is 11.6 Å². The SMILES string of the molecule is CC(/C=C/C(=O)O)c1ccccc1Cl. The van der Waals surface area contributed by atoms with Crippen molar-refractivity contribution in [3.8, 4) is 0 Å². The van der Waals surface area contributed by atoms with Gasteiger partial charge in [-0.25, -0.2) is 4.79 Å². The molecule has 1 unspecified atom stereocenters. The van der Waals surface area contributed by atoms with Crippen LogP contribution in [-0.2, 0) is 4.79 Å². The minimum absolute atomic E-state index is 0.0137. The number of hydrogen-bond donors (Lipinski definition) is 1. The summed E-state index contributed by atoms with van der Waals surface area (Å²) in [6.45, 7) is 1.90. The first-order chi connectivity index (χ1) is 6.61. The van der Waals surface area contributed by atoms with E-state index in [1.54, 1.807) is 12.1 Å². The summed E-state index contributed by atoms with van der Waals surface area (Å²) in [7, 11) is 0. The van der Waals surface area contributed by atoms with Crippen molar-refractivity contribution in [3.63, 3.8) is 0 Å². The topological polar surface area (TPSA) is 37.3 Å². The Bertz CT molecular complexity index is 358. The number of rotatable bonds is 3. The van der Waals surface area contributed by atoms with Gasteiger partial charge in [0.15, 0.2) is 0 Å². The van der Waals surface area contributed by atoms with Gasteiger partial charge >= 0.3 is 5.97 Å². The predicted molar refractivity (Wildman–Crippen MR) is 56.6 cm³/mol. The normalized spacial score (nSPS) is 13.0. The Kier molecular flexibility index (Phi) is 3.72. The number of allylic oxidation sites excluding steroid dienone is 1. The largest absolute Gasteiger partial charge is 0.478 e. The standard InChI is InChI=1S/C11H11ClO2/c1-8(6-7-11(13)14)9-4-2-3-5-10(9)12/h2-8H,1H3,(H,13,14)/b7-6+. The molecule has 0 aliphatic heterocycles. The molecule has 2 nitrogen and oxygen atoms in total. The second-order valence-electron chi connectivity index (χ2n) is 3.01. The fourth-order valence-electron chi connectivity index (χ4n) is 1.17. The molecule has 3 heteroatoms. The molecule has 0 saturated heterocycles. The Morgan fingerprint density at radius 3 is 2.71 bits per heavy atom. The molecule has 1 aromatic carbocycles. The van der Waals surface area contributed by atoms with Crippen LogP contribution in [0.4, 0.5) is 0 Å². The maximum absolute atomic E-state index is 10.3. The molecule has 0 amide bonds. The Morgan fingerprint density at radius 1 is 1.50 bits per heavy atom. The smallest absolute Gasteiger partial charge is 0.327 e. The van der Waals surface area contributed by atoms with Gasteiger partial charge in [-0.2, -0.15) is 0 Å². The van der Waals surface area contributed by atoms with Gasteiger partial charge in [0, 0.05) is 17.0 Å². The predicted octanol–water partition coefficient (Wildman–Crippen LogP) is 3.08. The second-order valence-corrected chi connectivity index (χ2v) is 3.41. The lowest BCUT2D eigenvalue weighted by atomic mass is 10.0. The number of aliphatic carboxylic acids is 1. The molecule has 1 rings (SSSR count). The second kappa shape index (κ2) is 4.82. The zero-order valence-electron chi connectivity index (χ0n) is 7.77. The molecule has 0 heterocycles. The molecule has 0 bridgehead atoms. The molecule has 0 radical (unpaired) electrons. The highest BCUT2D eigenvalue weighted by Gasteiger charge is 2.05. The molecule has 1 atom stereocenters. The van der Waals surface area contributed by atoms with Gasteiger partial charge in [-0.05, 0) is 11.6 Å². The van der Waals surface area contributed by atoms with Gasteiger partial charge in [-0.15, -0.1) is 0 Å². The molecular formula is C11H11ClO2. The van der Waals surface area contributed by atoms with Gasteiger partial charge < -0.3 is 5.11 Å². The van der Waals surface area contributed by atoms with Crippen LogP contribution in [0.5, 0.6) is 0 Å². The molecule has 0 aliphatic rings. The van der Waals surface area contributed by atoms with E-state index < -0.39 is 5.97 Å². The highest BCUT2D eigenvalue weighted by atomic mass is 35.5. The first kappa shape index (κ1) is 10.8. The van der Waals surface area contributed by atoms with E-state index in [1.807, 2.05) is 25.1 Å². The Morgan fingerprint density at radius 2 is 2.14 bits per heavy atom. The van der Waals surface area contributed by atoms with Crippen molar-refractivity contribution in [2.24, 2.45) is 0 Å². The van der Waals surface area contributed by atoms with Crippen LogP contribution in [0.15, 0.2) is 36.4 Å². The number of hydrogen-bond acceptors (Lipinski definition) is 1. The number of benzene rings is 1. The van der Waals surface area contributed by atoms with Crippen molar-refractivity contribution in [2.75, 3.05) is 0 Å². The summed E-state index contributed by atoms with van der Waals surface area (Å²) in [6.07, 6.45) is 2.75. The number of halogens is 1. The molecule has 0 spiro atoms. The molecule has 0 aliphatic carbocycles. The molecule has 1 aromatic rings. The maximum atomic E-state index is 10.3. The summed E-state index contributed by atoms with van der Waals surface area (Å²) in [6, 6.07) is 7.41. The lowest BCUT2D eigenvalue weighted by Gasteiger charge is -2.07. The third-order valence-corrected chi connectivity index (χ3v) is 2.27. The van der Waals surface area contributed by atoms with Crippen LogP contribution in [-0.4, -0.2) is 11.1 Å². The van der Waals surface area contributed by atoms with E-state index in [9.17, 15) is 4.79 Å². The van der Waals surface area contributed by atoms with E-state index in [0.29, 0.717) is 5.02 Å². The van der Waals surface area contributed by atoms with Gasteiger partial charge in [0.25, 0.3) is 0 Å². The van der Waals surface area contributed by atoms with E-state index >= 15 is 0 Å². The summed E-state index contributed by atoms with van der Waals surface area (Å²) in [4.78, 5) is 10.3. The number of carboxylic acid groups (broad SMARTS) is 1. The molecule has 0 saturated carbocycles. The van der Waals surface area contributed by atoms with Gasteiger partial charge in [-0.1, -0.05) is 42.8 Å². The van der Waals surface area contributed by atoms with Gasteiger partial charge in [0.05, 0.1) is 0 Å². The van der Waals surface area contributed by atoms with Crippen LogP contribution < -0.4 is 0 Å². The van der Waals surface area contributed by atoms with Crippen molar-refractivity contribution < 1.29 is 9.90 Å². The average molecular weight is 211 g/mol. The fourth-order valence-corrected chi connectivity index (χ4v) is 1.48. The average Bonchev–Trinajstić information content (AvgIpc) is 2.15. The third-order valence-electron chi connectivity index (χ3n) is 1.92. The van der Waals surface area contributed by atoms with E-state index in [4.69, 9.17) is 16.7 Å². The summed E-state index contributed by atoms with van der Waals surface area (Å²) in [5.41, 5.74) is 0.937. The summed E-state index contributed by atoms with van der Waals surface area (Å²) < 4.78 is 0. The Labute approximate surface area is 87.8 Å². The number of carboxylic acids is 1. The van der Waals surface area contributed by atoms with Gasteiger partial charge in [-0.3, -0.25) is 0 Å². The molecule has 0 fully saturated rings. The molecular weight excluding hydrogens is 200 g/mol. The minimum Gasteiger partial charge on any atom is -0.478 e. The zero-order valence-corrected chi connectivity index (χ0v) is 8.53. The zero-order chi connectivity index (χ0) is 10.6. The molecule has 0 aromatic heterocycles. The van der Waals surface area contributed by atoms with Crippen molar-refractivity contribution in [1.29, 1.82) is 0 Å². The quantitative estimate of drug-likeness (QED) is 0.779. The Hall–Kier alpha value is -1.28. The summed E-state index contributed by atoms with van der Waals surface area (Å²) >= 11 is 5.95. The van der Waals surface area contributed by atoms with Crippen LogP contribution in [0, 0.1) is 0 Å². The van der Waals surface area contributed by atoms with Crippen molar-refractivity contribution >= 4 is 17.6 Å². The fraction of sp³-hybridized carbons (Fsp3) is 0.182. The van der Waals surface area contributed by atoms with Crippen molar-refractivity contribution in [1.82, 2.24) is 0 Å². The van der Waals surface area contributed by atoms with Crippen molar-refractivity contribution in [2.45, 2.75) is 12.8 Å². The van der Waals surface area contributed by atoms with Gasteiger partial charge in [0.2, 0.25) is 0 Å². The van der Waals surface area contributed by atoms with Crippen LogP contribution in [0.3, 0.4) is 0 Å². The lowest BCUT2D eigenvalue weighted by Crippen LogP contribution is -1.93. The van der Waals surface area contributed by atoms with Crippen LogP contribution in [0.1, 0.15) is 18.4 Å². The van der Waals surface area contributed by atoms with Crippen LogP contribution in [0.2, 0.25) is 5.02 Å².